The quantitative estimate of drug-likeness (QED) is 0.369. The second-order valence-corrected chi connectivity index (χ2v) is 13.1. The number of rotatable bonds is 8. The Labute approximate surface area is 233 Å². The Balaban J connectivity index is 1.52. The van der Waals surface area contributed by atoms with Gasteiger partial charge in [0.25, 0.3) is 10.0 Å². The van der Waals surface area contributed by atoms with Gasteiger partial charge in [-0.3, -0.25) is 13.9 Å². The molecule has 1 heterocycles. The van der Waals surface area contributed by atoms with Crippen LogP contribution in [0.2, 0.25) is 10.0 Å². The number of carbonyl (C=O) groups is 2. The van der Waals surface area contributed by atoms with Crippen molar-refractivity contribution in [1.82, 2.24) is 10.2 Å². The number of hydrogen-bond acceptors (Lipinski definition) is 4. The van der Waals surface area contributed by atoms with Gasteiger partial charge in [-0.25, -0.2) is 8.42 Å². The van der Waals surface area contributed by atoms with Crippen molar-refractivity contribution < 1.29 is 18.0 Å². The second kappa shape index (κ2) is 10.8. The lowest BCUT2D eigenvalue weighted by Gasteiger charge is -2.32. The first-order chi connectivity index (χ1) is 17.8. The molecule has 4 rings (SSSR count). The number of anilines is 1. The molecular formula is C28H31Cl2N3O4S. The smallest absolute Gasteiger partial charge is 0.265 e. The van der Waals surface area contributed by atoms with Crippen LogP contribution in [0.1, 0.15) is 46.1 Å². The van der Waals surface area contributed by atoms with Crippen molar-refractivity contribution in [3.05, 3.63) is 70.2 Å². The highest BCUT2D eigenvalue weighted by Crippen LogP contribution is 2.42. The zero-order chi connectivity index (χ0) is 27.8. The first-order valence-electron chi connectivity index (χ1n) is 12.4. The SMILES string of the molecule is C[C@@H](C(=O)NC(C)(C)C)N(Cc1ccc(Cl)c(Cl)c1)C(=O)CCCN1c2cccc3cccc(c23)S1(=O)=O. The minimum absolute atomic E-state index is 0.0623. The highest BCUT2D eigenvalue weighted by molar-refractivity contribution is 7.93. The van der Waals surface area contributed by atoms with Crippen LogP contribution in [0.25, 0.3) is 10.8 Å². The Kier molecular flexibility index (Phi) is 7.98. The topological polar surface area (TPSA) is 86.8 Å². The monoisotopic (exact) mass is 575 g/mol. The van der Waals surface area contributed by atoms with Gasteiger partial charge in [0, 0.05) is 30.4 Å². The van der Waals surface area contributed by atoms with Gasteiger partial charge in [0.15, 0.2) is 0 Å². The molecule has 1 N–H and O–H groups in total. The molecule has 202 valence electrons. The molecule has 3 aromatic rings. The summed E-state index contributed by atoms with van der Waals surface area (Å²) in [5.74, 6) is -0.546. The number of carbonyl (C=O) groups excluding carboxylic acids is 2. The number of amides is 2. The number of halogens is 2. The van der Waals surface area contributed by atoms with Crippen LogP contribution in [0.3, 0.4) is 0 Å². The molecule has 3 aromatic carbocycles. The molecule has 0 bridgehead atoms. The maximum atomic E-state index is 13.5. The van der Waals surface area contributed by atoms with Gasteiger partial charge in [0.2, 0.25) is 11.8 Å². The van der Waals surface area contributed by atoms with Gasteiger partial charge in [0.1, 0.15) is 6.04 Å². The van der Waals surface area contributed by atoms with Gasteiger partial charge in [-0.05, 0) is 69.3 Å². The normalized spacial score (nSPS) is 14.9. The minimum Gasteiger partial charge on any atom is -0.350 e. The third-order valence-corrected chi connectivity index (χ3v) is 9.03. The number of benzene rings is 3. The van der Waals surface area contributed by atoms with Crippen molar-refractivity contribution >= 4 is 61.5 Å². The van der Waals surface area contributed by atoms with Gasteiger partial charge in [0.05, 0.1) is 20.6 Å². The van der Waals surface area contributed by atoms with Crippen LogP contribution >= 0.6 is 23.2 Å². The van der Waals surface area contributed by atoms with Crippen molar-refractivity contribution in [2.75, 3.05) is 10.8 Å². The second-order valence-electron chi connectivity index (χ2n) is 10.5. The van der Waals surface area contributed by atoms with E-state index in [4.69, 9.17) is 23.2 Å². The average molecular weight is 577 g/mol. The summed E-state index contributed by atoms with van der Waals surface area (Å²) in [7, 11) is -3.71. The van der Waals surface area contributed by atoms with Gasteiger partial charge < -0.3 is 10.2 Å². The molecule has 0 aromatic heterocycles. The first kappa shape index (κ1) is 28.2. The first-order valence-corrected chi connectivity index (χ1v) is 14.6. The Bertz CT molecular complexity index is 1500. The van der Waals surface area contributed by atoms with E-state index in [0.717, 1.165) is 10.9 Å². The molecule has 0 spiro atoms. The van der Waals surface area contributed by atoms with E-state index in [2.05, 4.69) is 5.32 Å². The van der Waals surface area contributed by atoms with E-state index in [0.29, 0.717) is 21.1 Å². The molecule has 2 amide bonds. The van der Waals surface area contributed by atoms with Gasteiger partial charge in [-0.15, -0.1) is 0 Å². The molecule has 1 atom stereocenters. The number of sulfonamides is 1. The van der Waals surface area contributed by atoms with Crippen LogP contribution in [0, 0.1) is 0 Å². The molecule has 1 aliphatic rings. The van der Waals surface area contributed by atoms with Crippen LogP contribution in [0.4, 0.5) is 5.69 Å². The summed E-state index contributed by atoms with van der Waals surface area (Å²) < 4.78 is 27.9. The highest BCUT2D eigenvalue weighted by atomic mass is 35.5. The number of nitrogens with zero attached hydrogens (tertiary/aromatic N) is 2. The summed E-state index contributed by atoms with van der Waals surface area (Å²) in [6.07, 6.45) is 0.348. The van der Waals surface area contributed by atoms with E-state index in [9.17, 15) is 18.0 Å². The van der Waals surface area contributed by atoms with E-state index < -0.39 is 21.6 Å². The fourth-order valence-corrected chi connectivity index (χ4v) is 6.68. The molecule has 0 radical (unpaired) electrons. The Morgan fingerprint density at radius 1 is 1.03 bits per heavy atom. The molecule has 0 aliphatic carbocycles. The van der Waals surface area contributed by atoms with Crippen LogP contribution in [-0.4, -0.2) is 43.3 Å². The number of nitrogens with one attached hydrogen (secondary N) is 1. The highest BCUT2D eigenvalue weighted by Gasteiger charge is 2.35. The fourth-order valence-electron chi connectivity index (χ4n) is 4.61. The molecule has 38 heavy (non-hydrogen) atoms. The average Bonchev–Trinajstić information content (AvgIpc) is 3.06. The minimum atomic E-state index is -3.71. The molecule has 7 nitrogen and oxygen atoms in total. The zero-order valence-electron chi connectivity index (χ0n) is 21.8. The van der Waals surface area contributed by atoms with Crippen molar-refractivity contribution in [2.24, 2.45) is 0 Å². The fraction of sp³-hybridized carbons (Fsp3) is 0.357. The predicted octanol–water partition coefficient (Wildman–Crippen LogP) is 5.77. The molecule has 10 heteroatoms. The van der Waals surface area contributed by atoms with E-state index >= 15 is 0 Å². The Hall–Kier alpha value is -2.81. The molecule has 0 saturated heterocycles. The lowest BCUT2D eigenvalue weighted by Crippen LogP contribution is -2.52. The van der Waals surface area contributed by atoms with Crippen molar-refractivity contribution in [3.8, 4) is 0 Å². The third kappa shape index (κ3) is 5.77. The lowest BCUT2D eigenvalue weighted by molar-refractivity contribution is -0.141. The van der Waals surface area contributed by atoms with Crippen molar-refractivity contribution in [2.45, 2.75) is 63.6 Å². The summed E-state index contributed by atoms with van der Waals surface area (Å²) in [4.78, 5) is 28.2. The van der Waals surface area contributed by atoms with E-state index in [1.807, 2.05) is 39.0 Å². The predicted molar refractivity (Wildman–Crippen MR) is 152 cm³/mol. The molecule has 1 aliphatic heterocycles. The summed E-state index contributed by atoms with van der Waals surface area (Å²) >= 11 is 12.2. The third-order valence-electron chi connectivity index (χ3n) is 6.44. The van der Waals surface area contributed by atoms with Crippen molar-refractivity contribution in [3.63, 3.8) is 0 Å². The summed E-state index contributed by atoms with van der Waals surface area (Å²) in [5.41, 5.74) is 0.882. The van der Waals surface area contributed by atoms with E-state index in [-0.39, 0.29) is 42.6 Å². The van der Waals surface area contributed by atoms with Crippen molar-refractivity contribution in [1.29, 1.82) is 0 Å². The molecular weight excluding hydrogens is 545 g/mol. The summed E-state index contributed by atoms with van der Waals surface area (Å²) in [6, 6.07) is 15.1. The standard InChI is InChI=1S/C28H31Cl2N3O4S/c1-18(27(35)31-28(2,3)4)32(17-19-13-14-21(29)22(30)16-19)25(34)12-7-15-33-23-10-5-8-20-9-6-11-24(26(20)23)38(33,36)37/h5-6,8-11,13-14,16,18H,7,12,15,17H2,1-4H3,(H,31,35)/t18-/m0/s1. The van der Waals surface area contributed by atoms with Gasteiger partial charge in [-0.2, -0.15) is 0 Å². The summed E-state index contributed by atoms with van der Waals surface area (Å²) in [5, 5.41) is 5.24. The van der Waals surface area contributed by atoms with Crippen LogP contribution in [0.15, 0.2) is 59.5 Å². The zero-order valence-corrected chi connectivity index (χ0v) is 24.1. The lowest BCUT2D eigenvalue weighted by atomic mass is 10.1. The van der Waals surface area contributed by atoms with Crippen LogP contribution in [0.5, 0.6) is 0 Å². The largest absolute Gasteiger partial charge is 0.350 e. The Morgan fingerprint density at radius 3 is 2.37 bits per heavy atom. The molecule has 0 saturated carbocycles. The van der Waals surface area contributed by atoms with E-state index in [1.165, 1.54) is 9.21 Å². The van der Waals surface area contributed by atoms with Gasteiger partial charge in [-0.1, -0.05) is 53.5 Å². The van der Waals surface area contributed by atoms with Gasteiger partial charge >= 0.3 is 0 Å². The molecule has 0 fully saturated rings. The van der Waals surface area contributed by atoms with Crippen LogP contribution in [-0.2, 0) is 26.2 Å². The maximum absolute atomic E-state index is 13.5. The molecule has 0 unspecified atom stereocenters. The van der Waals surface area contributed by atoms with E-state index in [1.54, 1.807) is 43.3 Å². The number of hydrogen-bond donors (Lipinski definition) is 1. The maximum Gasteiger partial charge on any atom is 0.265 e. The van der Waals surface area contributed by atoms with Crippen LogP contribution < -0.4 is 9.62 Å². The summed E-state index contributed by atoms with van der Waals surface area (Å²) in [6.45, 7) is 7.60. The Morgan fingerprint density at radius 2 is 1.71 bits per heavy atom.